The Hall–Kier alpha value is -2.11. The van der Waals surface area contributed by atoms with Crippen LogP contribution < -0.4 is 0 Å². The molecule has 0 saturated carbocycles. The molecule has 3 rings (SSSR count). The molecule has 0 aliphatic rings. The fraction of sp³-hybridized carbons (Fsp3) is 0.125. The summed E-state index contributed by atoms with van der Waals surface area (Å²) >= 11 is 0. The highest BCUT2D eigenvalue weighted by Gasteiger charge is 2.24. The van der Waals surface area contributed by atoms with Crippen LogP contribution >= 0.6 is 0 Å². The van der Waals surface area contributed by atoms with Gasteiger partial charge in [0.1, 0.15) is 0 Å². The Morgan fingerprint density at radius 2 is 1.62 bits per heavy atom. The maximum absolute atomic E-state index is 12.9. The van der Waals surface area contributed by atoms with Crippen LogP contribution in [0.1, 0.15) is 11.3 Å². The van der Waals surface area contributed by atoms with Gasteiger partial charge in [0, 0.05) is 5.39 Å². The predicted molar refractivity (Wildman–Crippen MR) is 81.6 cm³/mol. The number of aliphatic hydroxyl groups is 1. The van der Waals surface area contributed by atoms with Crippen LogP contribution in [-0.2, 0) is 16.6 Å². The second kappa shape index (κ2) is 5.02. The van der Waals surface area contributed by atoms with Gasteiger partial charge in [0.2, 0.25) is 0 Å². The Morgan fingerprint density at radius 3 is 2.29 bits per heavy atom. The smallest absolute Gasteiger partial charge is 0.268 e. The number of aromatic nitrogens is 1. The highest BCUT2D eigenvalue weighted by atomic mass is 32.2. The number of hydrogen-bond acceptors (Lipinski definition) is 3. The SMILES string of the molecule is Cc1c(CO)n(S(=O)(=O)c2ccccc2)c2ccccc12. The van der Waals surface area contributed by atoms with Crippen molar-refractivity contribution in [2.45, 2.75) is 18.4 Å². The number of fused-ring (bicyclic) bond motifs is 1. The molecule has 21 heavy (non-hydrogen) atoms. The molecule has 3 aromatic rings. The topological polar surface area (TPSA) is 59.3 Å². The van der Waals surface area contributed by atoms with Crippen molar-refractivity contribution in [1.82, 2.24) is 3.97 Å². The van der Waals surface area contributed by atoms with E-state index < -0.39 is 10.0 Å². The molecular formula is C16H15NO3S. The third-order valence-corrected chi connectivity index (χ3v) is 5.40. The maximum Gasteiger partial charge on any atom is 0.268 e. The quantitative estimate of drug-likeness (QED) is 0.809. The number of benzene rings is 2. The maximum atomic E-state index is 12.9. The predicted octanol–water partition coefficient (Wildman–Crippen LogP) is 2.68. The van der Waals surface area contributed by atoms with Crippen LogP contribution in [0.15, 0.2) is 59.5 Å². The number of hydrogen-bond donors (Lipinski definition) is 1. The Balaban J connectivity index is 2.40. The Kier molecular flexibility index (Phi) is 3.31. The Morgan fingerprint density at radius 1 is 1.00 bits per heavy atom. The van der Waals surface area contributed by atoms with Gasteiger partial charge >= 0.3 is 0 Å². The Labute approximate surface area is 123 Å². The molecule has 0 amide bonds. The lowest BCUT2D eigenvalue weighted by molar-refractivity contribution is 0.275. The molecule has 1 aromatic heterocycles. The van der Waals surface area contributed by atoms with Crippen molar-refractivity contribution in [1.29, 1.82) is 0 Å². The van der Waals surface area contributed by atoms with Crippen LogP contribution in [-0.4, -0.2) is 17.5 Å². The number of aryl methyl sites for hydroxylation is 1. The zero-order chi connectivity index (χ0) is 15.0. The van der Waals surface area contributed by atoms with Crippen molar-refractivity contribution in [3.8, 4) is 0 Å². The van der Waals surface area contributed by atoms with Crippen molar-refractivity contribution in [3.05, 3.63) is 65.9 Å². The molecule has 0 bridgehead atoms. The largest absolute Gasteiger partial charge is 0.390 e. The zero-order valence-electron chi connectivity index (χ0n) is 11.5. The average Bonchev–Trinajstić information content (AvgIpc) is 2.81. The number of para-hydroxylation sites is 1. The highest BCUT2D eigenvalue weighted by Crippen LogP contribution is 2.29. The van der Waals surface area contributed by atoms with E-state index >= 15 is 0 Å². The van der Waals surface area contributed by atoms with E-state index in [4.69, 9.17) is 0 Å². The van der Waals surface area contributed by atoms with Gasteiger partial charge in [0.15, 0.2) is 0 Å². The molecule has 5 heteroatoms. The van der Waals surface area contributed by atoms with Crippen LogP contribution in [0, 0.1) is 6.92 Å². The van der Waals surface area contributed by atoms with Gasteiger partial charge in [-0.3, -0.25) is 0 Å². The third kappa shape index (κ3) is 2.05. The minimum Gasteiger partial charge on any atom is -0.390 e. The lowest BCUT2D eigenvalue weighted by Gasteiger charge is -2.11. The average molecular weight is 301 g/mol. The first kappa shape index (κ1) is 13.9. The molecule has 0 aliphatic carbocycles. The van der Waals surface area contributed by atoms with Gasteiger partial charge in [-0.2, -0.15) is 0 Å². The van der Waals surface area contributed by atoms with Crippen molar-refractivity contribution in [2.75, 3.05) is 0 Å². The fourth-order valence-corrected chi connectivity index (χ4v) is 4.19. The van der Waals surface area contributed by atoms with Gasteiger partial charge in [-0.25, -0.2) is 12.4 Å². The standard InChI is InChI=1S/C16H15NO3S/c1-12-14-9-5-6-10-15(14)17(16(12)11-18)21(19,20)13-7-3-2-4-8-13/h2-10,18H,11H2,1H3. The molecule has 0 aliphatic heterocycles. The third-order valence-electron chi connectivity index (χ3n) is 3.64. The van der Waals surface area contributed by atoms with E-state index in [1.54, 1.807) is 42.5 Å². The van der Waals surface area contributed by atoms with Gasteiger partial charge in [-0.1, -0.05) is 36.4 Å². The van der Waals surface area contributed by atoms with Gasteiger partial charge in [-0.15, -0.1) is 0 Å². The van der Waals surface area contributed by atoms with Crippen LogP contribution in [0.25, 0.3) is 10.9 Å². The van der Waals surface area contributed by atoms with Crippen molar-refractivity contribution >= 4 is 20.9 Å². The first-order valence-corrected chi connectivity index (χ1v) is 8.02. The monoisotopic (exact) mass is 301 g/mol. The highest BCUT2D eigenvalue weighted by molar-refractivity contribution is 7.90. The molecule has 1 N–H and O–H groups in total. The Bertz CT molecular complexity index is 896. The molecule has 2 aromatic carbocycles. The molecule has 0 radical (unpaired) electrons. The molecule has 0 fully saturated rings. The van der Waals surface area contributed by atoms with Gasteiger partial charge in [0.05, 0.1) is 22.7 Å². The van der Waals surface area contributed by atoms with Crippen LogP contribution in [0.2, 0.25) is 0 Å². The normalized spacial score (nSPS) is 11.9. The van der Waals surface area contributed by atoms with Crippen LogP contribution in [0.5, 0.6) is 0 Å². The summed E-state index contributed by atoms with van der Waals surface area (Å²) in [4.78, 5) is 0.209. The van der Waals surface area contributed by atoms with Crippen molar-refractivity contribution in [3.63, 3.8) is 0 Å². The summed E-state index contributed by atoms with van der Waals surface area (Å²) in [6.45, 7) is 1.50. The van der Waals surface area contributed by atoms with E-state index in [1.807, 2.05) is 19.1 Å². The first-order chi connectivity index (χ1) is 10.1. The summed E-state index contributed by atoms with van der Waals surface area (Å²) in [6.07, 6.45) is 0. The van der Waals surface area contributed by atoms with E-state index in [0.29, 0.717) is 11.2 Å². The van der Waals surface area contributed by atoms with E-state index in [-0.39, 0.29) is 11.5 Å². The molecule has 0 saturated heterocycles. The summed E-state index contributed by atoms with van der Waals surface area (Å²) < 4.78 is 27.0. The molecule has 0 atom stereocenters. The van der Waals surface area contributed by atoms with Gasteiger partial charge in [-0.05, 0) is 30.7 Å². The summed E-state index contributed by atoms with van der Waals surface area (Å²) in [5.74, 6) is 0. The van der Waals surface area contributed by atoms with E-state index in [0.717, 1.165) is 10.9 Å². The summed E-state index contributed by atoms with van der Waals surface area (Å²) in [6, 6.07) is 15.5. The van der Waals surface area contributed by atoms with Gasteiger partial charge < -0.3 is 5.11 Å². The molecule has 108 valence electrons. The van der Waals surface area contributed by atoms with Crippen LogP contribution in [0.3, 0.4) is 0 Å². The van der Waals surface area contributed by atoms with Crippen LogP contribution in [0.4, 0.5) is 0 Å². The van der Waals surface area contributed by atoms with E-state index in [1.165, 1.54) is 3.97 Å². The lowest BCUT2D eigenvalue weighted by Crippen LogP contribution is -2.16. The second-order valence-corrected chi connectivity index (χ2v) is 6.62. The minimum absolute atomic E-state index is 0.209. The fourth-order valence-electron chi connectivity index (χ4n) is 2.58. The number of rotatable bonds is 3. The number of nitrogens with zero attached hydrogens (tertiary/aromatic N) is 1. The molecular weight excluding hydrogens is 286 g/mol. The van der Waals surface area contributed by atoms with Crippen molar-refractivity contribution in [2.24, 2.45) is 0 Å². The zero-order valence-corrected chi connectivity index (χ0v) is 12.3. The van der Waals surface area contributed by atoms with E-state index in [9.17, 15) is 13.5 Å². The summed E-state index contributed by atoms with van der Waals surface area (Å²) in [5.41, 5.74) is 1.77. The lowest BCUT2D eigenvalue weighted by atomic mass is 10.1. The second-order valence-electron chi connectivity index (χ2n) is 4.83. The van der Waals surface area contributed by atoms with Gasteiger partial charge in [0.25, 0.3) is 10.0 Å². The summed E-state index contributed by atoms with van der Waals surface area (Å²) in [7, 11) is -3.73. The van der Waals surface area contributed by atoms with E-state index in [2.05, 4.69) is 0 Å². The first-order valence-electron chi connectivity index (χ1n) is 6.58. The number of aliphatic hydroxyl groups excluding tert-OH is 1. The minimum atomic E-state index is -3.73. The molecule has 0 unspecified atom stereocenters. The molecule has 1 heterocycles. The molecule has 4 nitrogen and oxygen atoms in total. The van der Waals surface area contributed by atoms with Crippen molar-refractivity contribution < 1.29 is 13.5 Å². The summed E-state index contributed by atoms with van der Waals surface area (Å²) in [5, 5.41) is 10.5. The molecule has 0 spiro atoms.